The summed E-state index contributed by atoms with van der Waals surface area (Å²) in [5.74, 6) is 0. The predicted molar refractivity (Wildman–Crippen MR) is 52.9 cm³/mol. The molecule has 5 heteroatoms. The van der Waals surface area contributed by atoms with E-state index in [1.54, 1.807) is 12.1 Å². The summed E-state index contributed by atoms with van der Waals surface area (Å²) in [5.41, 5.74) is 0.763. The second-order valence-corrected chi connectivity index (χ2v) is 3.63. The number of hydrogen-bond acceptors (Lipinski definition) is 1. The number of hydrogen-bond donors (Lipinski definition) is 1. The molecule has 1 nitrogen and oxygen atoms in total. The van der Waals surface area contributed by atoms with Crippen molar-refractivity contribution >= 4 is 21.6 Å². The van der Waals surface area contributed by atoms with E-state index >= 15 is 0 Å². The van der Waals surface area contributed by atoms with Gasteiger partial charge in [0, 0.05) is 17.2 Å². The summed E-state index contributed by atoms with van der Waals surface area (Å²) >= 11 is 3.06. The molecule has 0 aromatic heterocycles. The number of benzene rings is 1. The second-order valence-electron chi connectivity index (χ2n) is 2.77. The molecule has 77 valence electrons. The van der Waals surface area contributed by atoms with E-state index in [2.05, 4.69) is 28.3 Å². The molecule has 1 aromatic carbocycles. The molecule has 0 unspecified atom stereocenters. The molecule has 1 radical (unpaired) electrons. The van der Waals surface area contributed by atoms with Crippen molar-refractivity contribution < 1.29 is 13.2 Å². The molecule has 0 aliphatic carbocycles. The maximum atomic E-state index is 12.1. The van der Waals surface area contributed by atoms with Gasteiger partial charge >= 0.3 is 6.18 Å². The van der Waals surface area contributed by atoms with Crippen molar-refractivity contribution in [2.24, 2.45) is 0 Å². The van der Waals surface area contributed by atoms with Crippen LogP contribution in [-0.2, 0) is 6.42 Å². The van der Waals surface area contributed by atoms with E-state index in [4.69, 9.17) is 0 Å². The van der Waals surface area contributed by atoms with Crippen LogP contribution in [0.3, 0.4) is 0 Å². The maximum absolute atomic E-state index is 12.1. The lowest BCUT2D eigenvalue weighted by Gasteiger charge is -2.10. The number of nitrogens with one attached hydrogen (secondary N) is 1. The zero-order valence-corrected chi connectivity index (χ0v) is 8.74. The number of alkyl halides is 3. The summed E-state index contributed by atoms with van der Waals surface area (Å²) < 4.78 is 36.8. The zero-order valence-electron chi connectivity index (χ0n) is 7.16. The Hall–Kier alpha value is -0.710. The van der Waals surface area contributed by atoms with E-state index in [-0.39, 0.29) is 5.56 Å². The van der Waals surface area contributed by atoms with Gasteiger partial charge in [-0.2, -0.15) is 13.2 Å². The van der Waals surface area contributed by atoms with Gasteiger partial charge in [0.15, 0.2) is 0 Å². The fourth-order valence-electron chi connectivity index (χ4n) is 1.04. The highest BCUT2D eigenvalue weighted by Crippen LogP contribution is 2.28. The molecule has 1 N–H and O–H groups in total. The maximum Gasteiger partial charge on any atom is 0.393 e. The molecule has 0 aliphatic rings. The first-order chi connectivity index (χ1) is 6.42. The van der Waals surface area contributed by atoms with Crippen LogP contribution in [0.15, 0.2) is 22.7 Å². The van der Waals surface area contributed by atoms with E-state index in [1.807, 2.05) is 0 Å². The van der Waals surface area contributed by atoms with Gasteiger partial charge in [-0.25, -0.2) is 0 Å². The molecule has 0 saturated heterocycles. The Morgan fingerprint density at radius 1 is 1.36 bits per heavy atom. The summed E-state index contributed by atoms with van der Waals surface area (Å²) in [4.78, 5) is 0. The molecule has 0 amide bonds. The minimum Gasteiger partial charge on any atom is -0.383 e. The average molecular weight is 267 g/mol. The molecule has 0 aliphatic heterocycles. The normalized spacial score (nSPS) is 11.5. The third kappa shape index (κ3) is 3.21. The van der Waals surface area contributed by atoms with Crippen LogP contribution in [0.2, 0.25) is 0 Å². The van der Waals surface area contributed by atoms with Crippen LogP contribution >= 0.6 is 15.9 Å². The van der Waals surface area contributed by atoms with E-state index in [9.17, 15) is 13.2 Å². The van der Waals surface area contributed by atoms with Gasteiger partial charge in [0.1, 0.15) is 0 Å². The lowest BCUT2D eigenvalue weighted by Crippen LogP contribution is -2.12. The Kier molecular flexibility index (Phi) is 3.42. The van der Waals surface area contributed by atoms with Crippen molar-refractivity contribution in [3.63, 3.8) is 0 Å². The van der Waals surface area contributed by atoms with Gasteiger partial charge in [-0.15, -0.1) is 0 Å². The van der Waals surface area contributed by atoms with Gasteiger partial charge in [-0.05, 0) is 23.8 Å². The van der Waals surface area contributed by atoms with Crippen LogP contribution in [-0.4, -0.2) is 6.18 Å². The van der Waals surface area contributed by atoms with E-state index < -0.39 is 12.6 Å². The summed E-state index contributed by atoms with van der Waals surface area (Å²) in [6.07, 6.45) is -5.13. The molecule has 1 aromatic rings. The molecule has 0 spiro atoms. The first-order valence-corrected chi connectivity index (χ1v) is 4.60. The van der Waals surface area contributed by atoms with Gasteiger partial charge < -0.3 is 5.32 Å². The summed E-state index contributed by atoms with van der Waals surface area (Å²) in [6.45, 7) is 0. The lowest BCUT2D eigenvalue weighted by atomic mass is 10.1. The standard InChI is InChI=1S/C9H8BrF3N/c1-14-7-2-3-8(10)6(4-7)5-9(11,12)13/h2-4,14H,1,5H2. The minimum absolute atomic E-state index is 0.200. The fraction of sp³-hybridized carbons (Fsp3) is 0.222. The second kappa shape index (κ2) is 4.21. The highest BCUT2D eigenvalue weighted by molar-refractivity contribution is 9.10. The monoisotopic (exact) mass is 266 g/mol. The topological polar surface area (TPSA) is 12.0 Å². The van der Waals surface area contributed by atoms with Gasteiger partial charge in [-0.1, -0.05) is 15.9 Å². The Bertz CT molecular complexity index is 322. The van der Waals surface area contributed by atoms with E-state index in [0.29, 0.717) is 10.2 Å². The van der Waals surface area contributed by atoms with Crippen molar-refractivity contribution in [1.82, 2.24) is 0 Å². The van der Waals surface area contributed by atoms with Gasteiger partial charge in [0.05, 0.1) is 6.42 Å². The molecule has 1 rings (SSSR count). The molecule has 0 heterocycles. The SMILES string of the molecule is [CH2]Nc1ccc(Br)c(CC(F)(F)F)c1. The van der Waals surface area contributed by atoms with Crippen molar-refractivity contribution in [2.45, 2.75) is 12.6 Å². The number of anilines is 1. The quantitative estimate of drug-likeness (QED) is 0.860. The van der Waals surface area contributed by atoms with Crippen LogP contribution in [0.4, 0.5) is 18.9 Å². The van der Waals surface area contributed by atoms with Crippen LogP contribution < -0.4 is 5.32 Å². The summed E-state index contributed by atoms with van der Waals surface area (Å²) in [7, 11) is 3.38. The van der Waals surface area contributed by atoms with Crippen molar-refractivity contribution in [1.29, 1.82) is 0 Å². The summed E-state index contributed by atoms with van der Waals surface area (Å²) in [6, 6.07) is 4.64. The Morgan fingerprint density at radius 2 is 2.00 bits per heavy atom. The third-order valence-corrected chi connectivity index (χ3v) is 2.41. The molecular weight excluding hydrogens is 259 g/mol. The smallest absolute Gasteiger partial charge is 0.383 e. The molecule has 0 bridgehead atoms. The molecular formula is C9H8BrF3N. The van der Waals surface area contributed by atoms with E-state index in [0.717, 1.165) is 0 Å². The van der Waals surface area contributed by atoms with Crippen LogP contribution in [0.5, 0.6) is 0 Å². The first kappa shape index (κ1) is 11.4. The average Bonchev–Trinajstić information content (AvgIpc) is 2.06. The van der Waals surface area contributed by atoms with Crippen LogP contribution in [0.25, 0.3) is 0 Å². The van der Waals surface area contributed by atoms with E-state index in [1.165, 1.54) is 6.07 Å². The largest absolute Gasteiger partial charge is 0.393 e. The highest BCUT2D eigenvalue weighted by atomic mass is 79.9. The van der Waals surface area contributed by atoms with Gasteiger partial charge in [0.25, 0.3) is 0 Å². The van der Waals surface area contributed by atoms with Gasteiger partial charge in [-0.3, -0.25) is 0 Å². The third-order valence-electron chi connectivity index (χ3n) is 1.64. The first-order valence-electron chi connectivity index (χ1n) is 3.80. The number of rotatable bonds is 2. The van der Waals surface area contributed by atoms with Crippen LogP contribution in [0, 0.1) is 7.05 Å². The minimum atomic E-state index is -4.19. The fourth-order valence-corrected chi connectivity index (χ4v) is 1.42. The van der Waals surface area contributed by atoms with Crippen molar-refractivity contribution in [3.8, 4) is 0 Å². The molecule has 14 heavy (non-hydrogen) atoms. The van der Waals surface area contributed by atoms with Gasteiger partial charge in [0.2, 0.25) is 0 Å². The molecule has 0 atom stereocenters. The zero-order chi connectivity index (χ0) is 10.8. The molecule has 0 fully saturated rings. The van der Waals surface area contributed by atoms with Crippen LogP contribution in [0.1, 0.15) is 5.56 Å². The van der Waals surface area contributed by atoms with Crippen molar-refractivity contribution in [3.05, 3.63) is 35.3 Å². The highest BCUT2D eigenvalue weighted by Gasteiger charge is 2.28. The lowest BCUT2D eigenvalue weighted by molar-refractivity contribution is -0.127. The Balaban J connectivity index is 2.95. The van der Waals surface area contributed by atoms with Crippen molar-refractivity contribution in [2.75, 3.05) is 5.32 Å². The molecule has 0 saturated carbocycles. The predicted octanol–water partition coefficient (Wildman–Crippen LogP) is 3.76. The Labute approximate surface area is 88.4 Å². The Morgan fingerprint density at radius 3 is 2.50 bits per heavy atom. The number of halogens is 4. The summed E-state index contributed by atoms with van der Waals surface area (Å²) in [5, 5.41) is 2.54.